The highest BCUT2D eigenvalue weighted by atomic mass is 19.1. The summed E-state index contributed by atoms with van der Waals surface area (Å²) in [5.41, 5.74) is 11.3. The molecule has 7 unspecified atom stereocenters. The fourth-order valence-corrected chi connectivity index (χ4v) is 9.01. The number of carbonyl (C=O) groups is 2. The number of amides is 2. The van der Waals surface area contributed by atoms with E-state index < -0.39 is 48.6 Å². The van der Waals surface area contributed by atoms with Crippen LogP contribution in [0.25, 0.3) is 22.2 Å². The lowest BCUT2D eigenvalue weighted by molar-refractivity contribution is -0.135. The second-order valence-corrected chi connectivity index (χ2v) is 17.6. The third-order valence-corrected chi connectivity index (χ3v) is 12.3. The molecule has 0 radical (unpaired) electrons. The molecule has 1 aromatic heterocycles. The van der Waals surface area contributed by atoms with Crippen LogP contribution >= 0.6 is 0 Å². The second kappa shape index (κ2) is 17.6. The summed E-state index contributed by atoms with van der Waals surface area (Å²) in [5, 5.41) is 18.5. The van der Waals surface area contributed by atoms with Gasteiger partial charge in [0.2, 0.25) is 5.91 Å². The number of hydrogen-bond acceptors (Lipinski definition) is 10. The van der Waals surface area contributed by atoms with Crippen molar-refractivity contribution >= 4 is 34.3 Å². The Morgan fingerprint density at radius 2 is 1.92 bits per heavy atom. The van der Waals surface area contributed by atoms with Crippen LogP contribution in [-0.4, -0.2) is 119 Å². The SMILES string of the molecule is COC(=O)NC(C(C)C)C(O)N1CCCC1CN=C(CC(C)C)c1ccc2c(c1)cc1n2COc2cc(C3=NC(C4CC(F)CN4C(=O)C(N)C(C)C)NC3)cc(F)c2-1. The number of halogens is 2. The van der Waals surface area contributed by atoms with Gasteiger partial charge in [0.05, 0.1) is 60.8 Å². The standard InChI is InChI=1S/C44H60F2N8O5/c1-23(2)13-32(48-19-30-9-8-12-52(30)43(56)40(25(5)6)51-44(57)58-7)26-10-11-34-28(14-26)16-35-38-31(46)15-27(17-37(38)59-22-54(34)35)33-20-49-41(50-33)36-18-29(45)21-53(36)42(55)39(47)24(3)4/h10-11,14-17,23-25,29-30,36,39-41,43,49,56H,8-9,12-13,18-22,47H2,1-7H3,(H,51,57). The number of hydrogen-bond donors (Lipinski definition) is 4. The topological polar surface area (TPSA) is 159 Å². The summed E-state index contributed by atoms with van der Waals surface area (Å²) < 4.78 is 44.0. The molecular formula is C44H60F2N8O5. The number of aromatic nitrogens is 1. The zero-order chi connectivity index (χ0) is 42.3. The minimum Gasteiger partial charge on any atom is -0.472 e. The highest BCUT2D eigenvalue weighted by Gasteiger charge is 2.43. The van der Waals surface area contributed by atoms with Crippen LogP contribution in [-0.2, 0) is 16.3 Å². The fraction of sp³-hybridized carbons (Fsp3) is 0.591. The molecule has 0 spiro atoms. The number of fused-ring (bicyclic) bond motifs is 5. The van der Waals surface area contributed by atoms with E-state index in [1.165, 1.54) is 18.1 Å². The van der Waals surface area contributed by atoms with Gasteiger partial charge in [0.15, 0.2) is 6.73 Å². The average molecular weight is 819 g/mol. The van der Waals surface area contributed by atoms with Gasteiger partial charge in [0.25, 0.3) is 0 Å². The van der Waals surface area contributed by atoms with Crippen molar-refractivity contribution in [3.05, 3.63) is 53.3 Å². The van der Waals surface area contributed by atoms with Crippen molar-refractivity contribution in [3.63, 3.8) is 0 Å². The summed E-state index contributed by atoms with van der Waals surface area (Å²) in [6.45, 7) is 13.7. The van der Waals surface area contributed by atoms with Gasteiger partial charge in [0, 0.05) is 42.2 Å². The van der Waals surface area contributed by atoms with Gasteiger partial charge < -0.3 is 35.1 Å². The van der Waals surface area contributed by atoms with Crippen molar-refractivity contribution in [1.29, 1.82) is 0 Å². The molecule has 5 N–H and O–H groups in total. The van der Waals surface area contributed by atoms with Crippen molar-refractivity contribution in [3.8, 4) is 17.0 Å². The largest absolute Gasteiger partial charge is 0.472 e. The number of nitrogens with one attached hydrogen (secondary N) is 2. The molecule has 15 heteroatoms. The number of alkyl halides is 1. The highest BCUT2D eigenvalue weighted by molar-refractivity contribution is 6.05. The van der Waals surface area contributed by atoms with E-state index in [1.54, 1.807) is 0 Å². The Hall–Kier alpha value is -4.44. The van der Waals surface area contributed by atoms with E-state index in [1.807, 2.05) is 55.4 Å². The summed E-state index contributed by atoms with van der Waals surface area (Å²) in [6, 6.07) is 9.78. The van der Waals surface area contributed by atoms with Crippen LogP contribution in [0.3, 0.4) is 0 Å². The Balaban J connectivity index is 1.12. The molecule has 7 rings (SSSR count). The summed E-state index contributed by atoms with van der Waals surface area (Å²) >= 11 is 0. The number of carbonyl (C=O) groups excluding carboxylic acids is 2. The Morgan fingerprint density at radius 3 is 2.63 bits per heavy atom. The first-order valence-electron chi connectivity index (χ1n) is 21.1. The maximum absolute atomic E-state index is 16.3. The molecule has 0 bridgehead atoms. The first-order chi connectivity index (χ1) is 28.1. The van der Waals surface area contributed by atoms with Crippen LogP contribution in [0, 0.1) is 23.6 Å². The molecular weight excluding hydrogens is 759 g/mol. The van der Waals surface area contributed by atoms with Crippen molar-refractivity contribution in [2.24, 2.45) is 33.5 Å². The monoisotopic (exact) mass is 818 g/mol. The van der Waals surface area contributed by atoms with Gasteiger partial charge in [-0.1, -0.05) is 47.6 Å². The number of nitrogens with two attached hydrogens (primary N) is 1. The molecule has 4 aliphatic rings. The maximum Gasteiger partial charge on any atom is 0.407 e. The molecule has 2 fully saturated rings. The van der Waals surface area contributed by atoms with Crippen molar-refractivity contribution in [1.82, 2.24) is 25.0 Å². The van der Waals surface area contributed by atoms with Crippen molar-refractivity contribution < 1.29 is 33.0 Å². The minimum atomic E-state index is -1.17. The molecule has 7 atom stereocenters. The van der Waals surface area contributed by atoms with Crippen LogP contribution in [0.5, 0.6) is 5.75 Å². The average Bonchev–Trinajstić information content (AvgIpc) is 4.02. The smallest absolute Gasteiger partial charge is 0.407 e. The maximum atomic E-state index is 16.3. The number of benzene rings is 2. The first kappa shape index (κ1) is 42.7. The minimum absolute atomic E-state index is 0.00880. The number of likely N-dealkylation sites (tertiary alicyclic amines) is 2. The number of aliphatic imine (C=N–C) groups is 2. The van der Waals surface area contributed by atoms with Gasteiger partial charge >= 0.3 is 6.09 Å². The van der Waals surface area contributed by atoms with Gasteiger partial charge in [-0.25, -0.2) is 13.6 Å². The van der Waals surface area contributed by atoms with E-state index >= 15 is 4.39 Å². The van der Waals surface area contributed by atoms with Crippen LogP contribution in [0.15, 0.2) is 46.4 Å². The Bertz CT molecular complexity index is 2100. The van der Waals surface area contributed by atoms with Gasteiger partial charge in [0.1, 0.15) is 30.1 Å². The molecule has 5 heterocycles. The van der Waals surface area contributed by atoms with E-state index in [-0.39, 0.29) is 43.5 Å². The quantitative estimate of drug-likeness (QED) is 0.166. The molecule has 3 aromatic rings. The van der Waals surface area contributed by atoms with Gasteiger partial charge in [-0.3, -0.25) is 25.0 Å². The zero-order valence-corrected chi connectivity index (χ0v) is 35.3. The van der Waals surface area contributed by atoms with Gasteiger partial charge in [-0.2, -0.15) is 0 Å². The van der Waals surface area contributed by atoms with E-state index in [4.69, 9.17) is 25.2 Å². The molecule has 0 saturated carbocycles. The Kier molecular flexibility index (Phi) is 12.8. The molecule has 59 heavy (non-hydrogen) atoms. The number of nitrogens with zero attached hydrogens (tertiary/aromatic N) is 5. The number of ether oxygens (including phenoxy) is 2. The molecule has 2 amide bonds. The van der Waals surface area contributed by atoms with E-state index in [9.17, 15) is 19.1 Å². The lowest BCUT2D eigenvalue weighted by atomic mass is 9.98. The Labute approximate surface area is 345 Å². The molecule has 13 nitrogen and oxygen atoms in total. The number of aliphatic hydroxyl groups excluding tert-OH is 1. The lowest BCUT2D eigenvalue weighted by Gasteiger charge is -2.36. The van der Waals surface area contributed by atoms with Gasteiger partial charge in [-0.05, 0) is 72.9 Å². The number of aliphatic hydroxyl groups is 1. The summed E-state index contributed by atoms with van der Waals surface area (Å²) in [4.78, 5) is 38.8. The van der Waals surface area contributed by atoms with Crippen molar-refractivity contribution in [2.45, 2.75) is 117 Å². The predicted octanol–water partition coefficient (Wildman–Crippen LogP) is 5.44. The Morgan fingerprint density at radius 1 is 1.14 bits per heavy atom. The third kappa shape index (κ3) is 8.75. The first-order valence-corrected chi connectivity index (χ1v) is 21.1. The summed E-state index contributed by atoms with van der Waals surface area (Å²) in [5.74, 6) is -0.0682. The van der Waals surface area contributed by atoms with E-state index in [0.717, 1.165) is 41.4 Å². The van der Waals surface area contributed by atoms with Crippen LogP contribution in [0.1, 0.15) is 78.4 Å². The van der Waals surface area contributed by atoms with Crippen LogP contribution in [0.2, 0.25) is 0 Å². The van der Waals surface area contributed by atoms with Crippen LogP contribution < -0.4 is 21.1 Å². The summed E-state index contributed by atoms with van der Waals surface area (Å²) in [7, 11) is 1.32. The van der Waals surface area contributed by atoms with E-state index in [0.29, 0.717) is 53.8 Å². The van der Waals surface area contributed by atoms with Crippen molar-refractivity contribution in [2.75, 3.05) is 33.3 Å². The normalized spacial score (nSPS) is 23.7. The molecule has 320 valence electrons. The predicted molar refractivity (Wildman–Crippen MR) is 225 cm³/mol. The number of alkyl carbamates (subject to hydrolysis) is 1. The fourth-order valence-electron chi connectivity index (χ4n) is 9.01. The number of methoxy groups -OCH3 is 1. The molecule has 2 aromatic carbocycles. The summed E-state index contributed by atoms with van der Waals surface area (Å²) in [6.07, 6.45) is -0.434. The molecule has 4 aliphatic heterocycles. The highest BCUT2D eigenvalue weighted by Crippen LogP contribution is 2.41. The molecule has 0 aliphatic carbocycles. The van der Waals surface area contributed by atoms with Gasteiger partial charge in [-0.15, -0.1) is 0 Å². The zero-order valence-electron chi connectivity index (χ0n) is 35.3. The lowest BCUT2D eigenvalue weighted by Crippen LogP contribution is -2.55. The number of rotatable bonds is 13. The third-order valence-electron chi connectivity index (χ3n) is 12.3. The second-order valence-electron chi connectivity index (χ2n) is 17.6. The van der Waals surface area contributed by atoms with Crippen LogP contribution in [0.4, 0.5) is 13.6 Å². The molecule has 2 saturated heterocycles. The van der Waals surface area contributed by atoms with E-state index in [2.05, 4.69) is 36.6 Å².